The molecule has 0 aliphatic heterocycles. The summed E-state index contributed by atoms with van der Waals surface area (Å²) in [6.07, 6.45) is 1.18. The number of thiophene rings is 1. The SMILES string of the molecule is CS(=O)(=O)c1ccc(OCc2sc3ccccc3c2Cl)cc1. The second-order valence-corrected chi connectivity index (χ2v) is 8.40. The molecule has 0 spiro atoms. The first kappa shape index (κ1) is 15.3. The maximum Gasteiger partial charge on any atom is 0.175 e. The molecule has 1 aromatic heterocycles. The average molecular weight is 353 g/mol. The van der Waals surface area contributed by atoms with Crippen molar-refractivity contribution in [3.8, 4) is 5.75 Å². The number of hydrogen-bond acceptors (Lipinski definition) is 4. The van der Waals surface area contributed by atoms with Crippen molar-refractivity contribution < 1.29 is 13.2 Å². The van der Waals surface area contributed by atoms with Gasteiger partial charge in [-0.1, -0.05) is 29.8 Å². The lowest BCUT2D eigenvalue weighted by Crippen LogP contribution is -1.97. The summed E-state index contributed by atoms with van der Waals surface area (Å²) in [6, 6.07) is 14.3. The summed E-state index contributed by atoms with van der Waals surface area (Å²) in [5.41, 5.74) is 0. The number of sulfone groups is 1. The lowest BCUT2D eigenvalue weighted by Gasteiger charge is -2.06. The molecule has 0 amide bonds. The van der Waals surface area contributed by atoms with Crippen LogP contribution < -0.4 is 4.74 Å². The number of halogens is 1. The average Bonchev–Trinajstić information content (AvgIpc) is 2.82. The number of rotatable bonds is 4. The van der Waals surface area contributed by atoms with E-state index in [4.69, 9.17) is 16.3 Å². The molecule has 1 heterocycles. The van der Waals surface area contributed by atoms with Gasteiger partial charge in [0.2, 0.25) is 0 Å². The molecule has 0 atom stereocenters. The number of hydrogen-bond donors (Lipinski definition) is 0. The van der Waals surface area contributed by atoms with Crippen LogP contribution >= 0.6 is 22.9 Å². The topological polar surface area (TPSA) is 43.4 Å². The lowest BCUT2D eigenvalue weighted by molar-refractivity contribution is 0.310. The van der Waals surface area contributed by atoms with E-state index in [1.165, 1.54) is 18.4 Å². The molecular weight excluding hydrogens is 340 g/mol. The highest BCUT2D eigenvalue weighted by atomic mass is 35.5. The molecule has 2 aromatic carbocycles. The van der Waals surface area contributed by atoms with Gasteiger partial charge in [0, 0.05) is 16.3 Å². The zero-order valence-corrected chi connectivity index (χ0v) is 14.1. The fourth-order valence-corrected chi connectivity index (χ4v) is 4.12. The Bertz CT molecular complexity index is 912. The molecule has 0 aliphatic carbocycles. The van der Waals surface area contributed by atoms with Crippen LogP contribution in [0.1, 0.15) is 4.88 Å². The number of ether oxygens (including phenoxy) is 1. The molecule has 3 nitrogen and oxygen atoms in total. The minimum atomic E-state index is -3.19. The van der Waals surface area contributed by atoms with E-state index >= 15 is 0 Å². The van der Waals surface area contributed by atoms with Gasteiger partial charge in [-0.2, -0.15) is 0 Å². The van der Waals surface area contributed by atoms with E-state index in [1.807, 2.05) is 24.3 Å². The van der Waals surface area contributed by atoms with E-state index in [1.54, 1.807) is 23.5 Å². The van der Waals surface area contributed by atoms with Gasteiger partial charge in [-0.05, 0) is 30.3 Å². The maximum absolute atomic E-state index is 11.4. The predicted octanol–water partition coefficient (Wildman–Crippen LogP) is 4.54. The van der Waals surface area contributed by atoms with Crippen LogP contribution in [-0.2, 0) is 16.4 Å². The van der Waals surface area contributed by atoms with Gasteiger partial charge in [0.15, 0.2) is 9.84 Å². The molecule has 0 unspecified atom stereocenters. The standard InChI is InChI=1S/C16H13ClO3S2/c1-22(18,19)12-8-6-11(7-9-12)20-10-15-16(17)13-4-2-3-5-14(13)21-15/h2-9H,10H2,1H3. The van der Waals surface area contributed by atoms with Crippen LogP contribution in [0.2, 0.25) is 5.02 Å². The van der Waals surface area contributed by atoms with Gasteiger partial charge in [0.05, 0.1) is 14.8 Å². The highest BCUT2D eigenvalue weighted by Gasteiger charge is 2.11. The zero-order chi connectivity index (χ0) is 15.7. The van der Waals surface area contributed by atoms with Crippen molar-refractivity contribution in [1.29, 1.82) is 0 Å². The van der Waals surface area contributed by atoms with E-state index in [0.29, 0.717) is 17.4 Å². The molecule has 0 fully saturated rings. The first-order valence-electron chi connectivity index (χ1n) is 6.54. The summed E-state index contributed by atoms with van der Waals surface area (Å²) in [4.78, 5) is 1.23. The van der Waals surface area contributed by atoms with Gasteiger partial charge >= 0.3 is 0 Å². The minimum Gasteiger partial charge on any atom is -0.488 e. The maximum atomic E-state index is 11.4. The molecule has 3 rings (SSSR count). The van der Waals surface area contributed by atoms with E-state index in [0.717, 1.165) is 15.0 Å². The van der Waals surface area contributed by atoms with E-state index in [-0.39, 0.29) is 4.90 Å². The molecule has 114 valence electrons. The van der Waals surface area contributed by atoms with E-state index < -0.39 is 9.84 Å². The summed E-state index contributed by atoms with van der Waals surface area (Å²) in [5.74, 6) is 0.612. The van der Waals surface area contributed by atoms with Crippen LogP contribution in [0.3, 0.4) is 0 Å². The highest BCUT2D eigenvalue weighted by Crippen LogP contribution is 2.35. The van der Waals surface area contributed by atoms with Crippen LogP contribution in [-0.4, -0.2) is 14.7 Å². The fourth-order valence-electron chi connectivity index (χ4n) is 2.09. The Kier molecular flexibility index (Phi) is 4.12. The van der Waals surface area contributed by atoms with Crippen LogP contribution in [0.15, 0.2) is 53.4 Å². The van der Waals surface area contributed by atoms with Gasteiger partial charge in [0.25, 0.3) is 0 Å². The van der Waals surface area contributed by atoms with Crippen molar-refractivity contribution >= 4 is 42.9 Å². The van der Waals surface area contributed by atoms with Crippen molar-refractivity contribution in [2.75, 3.05) is 6.26 Å². The van der Waals surface area contributed by atoms with Crippen LogP contribution in [0.5, 0.6) is 5.75 Å². The van der Waals surface area contributed by atoms with Gasteiger partial charge in [0.1, 0.15) is 12.4 Å². The van der Waals surface area contributed by atoms with Gasteiger partial charge in [-0.15, -0.1) is 11.3 Å². The van der Waals surface area contributed by atoms with Crippen molar-refractivity contribution in [3.63, 3.8) is 0 Å². The summed E-state index contributed by atoms with van der Waals surface area (Å²) in [6.45, 7) is 0.358. The molecule has 3 aromatic rings. The van der Waals surface area contributed by atoms with E-state index in [2.05, 4.69) is 0 Å². The molecule has 0 bridgehead atoms. The number of fused-ring (bicyclic) bond motifs is 1. The minimum absolute atomic E-state index is 0.278. The second kappa shape index (κ2) is 5.91. The first-order chi connectivity index (χ1) is 10.4. The fraction of sp³-hybridized carbons (Fsp3) is 0.125. The Morgan fingerprint density at radius 2 is 1.77 bits per heavy atom. The molecule has 0 N–H and O–H groups in total. The normalized spacial score (nSPS) is 11.7. The third-order valence-corrected chi connectivity index (χ3v) is 6.04. The number of benzene rings is 2. The quantitative estimate of drug-likeness (QED) is 0.692. The van der Waals surface area contributed by atoms with Gasteiger partial charge < -0.3 is 4.74 Å². The highest BCUT2D eigenvalue weighted by molar-refractivity contribution is 7.90. The van der Waals surface area contributed by atoms with Crippen LogP contribution in [0.4, 0.5) is 0 Å². The zero-order valence-electron chi connectivity index (χ0n) is 11.7. The van der Waals surface area contributed by atoms with Gasteiger partial charge in [-0.25, -0.2) is 8.42 Å². The van der Waals surface area contributed by atoms with Crippen molar-refractivity contribution in [2.45, 2.75) is 11.5 Å². The molecule has 0 saturated heterocycles. The molecule has 22 heavy (non-hydrogen) atoms. The first-order valence-corrected chi connectivity index (χ1v) is 9.62. The van der Waals surface area contributed by atoms with Crippen LogP contribution in [0, 0.1) is 0 Å². The van der Waals surface area contributed by atoms with Crippen molar-refractivity contribution in [3.05, 3.63) is 58.4 Å². The van der Waals surface area contributed by atoms with E-state index in [9.17, 15) is 8.42 Å². The Hall–Kier alpha value is -1.56. The summed E-state index contributed by atoms with van der Waals surface area (Å²) < 4.78 is 29.6. The smallest absolute Gasteiger partial charge is 0.175 e. The Morgan fingerprint density at radius 3 is 2.41 bits per heavy atom. The van der Waals surface area contributed by atoms with Crippen molar-refractivity contribution in [1.82, 2.24) is 0 Å². The molecule has 0 aliphatic rings. The summed E-state index contributed by atoms with van der Waals surface area (Å²) >= 11 is 7.96. The summed E-state index contributed by atoms with van der Waals surface area (Å²) in [5, 5.41) is 1.74. The largest absolute Gasteiger partial charge is 0.488 e. The molecule has 0 radical (unpaired) electrons. The molecule has 0 saturated carbocycles. The Labute approximate surface area is 138 Å². The van der Waals surface area contributed by atoms with Crippen molar-refractivity contribution in [2.24, 2.45) is 0 Å². The Balaban J connectivity index is 1.78. The third kappa shape index (κ3) is 3.11. The second-order valence-electron chi connectivity index (χ2n) is 4.87. The molecular formula is C16H13ClO3S2. The molecule has 6 heteroatoms. The van der Waals surface area contributed by atoms with Gasteiger partial charge in [-0.3, -0.25) is 0 Å². The Morgan fingerprint density at radius 1 is 1.09 bits per heavy atom. The monoisotopic (exact) mass is 352 g/mol. The summed E-state index contributed by atoms with van der Waals surface area (Å²) in [7, 11) is -3.19. The predicted molar refractivity (Wildman–Crippen MR) is 90.7 cm³/mol. The lowest BCUT2D eigenvalue weighted by atomic mass is 10.2. The third-order valence-electron chi connectivity index (χ3n) is 3.22. The van der Waals surface area contributed by atoms with Crippen LogP contribution in [0.25, 0.3) is 10.1 Å².